The summed E-state index contributed by atoms with van der Waals surface area (Å²) in [5.74, 6) is 5.39. The van der Waals surface area contributed by atoms with Crippen molar-refractivity contribution in [2.24, 2.45) is 0 Å². The van der Waals surface area contributed by atoms with Gasteiger partial charge in [0.1, 0.15) is 11.6 Å². The molecule has 4 rings (SSSR count). The van der Waals surface area contributed by atoms with Crippen molar-refractivity contribution in [1.82, 2.24) is 0 Å². The Labute approximate surface area is 202 Å². The number of ether oxygens (including phenoxy) is 1. The molecular formula is C30H24F4O. The Morgan fingerprint density at radius 1 is 0.743 bits per heavy atom. The van der Waals surface area contributed by atoms with Gasteiger partial charge in [0, 0.05) is 10.9 Å². The van der Waals surface area contributed by atoms with E-state index in [-0.39, 0.29) is 17.1 Å². The molecular weight excluding hydrogens is 452 g/mol. The lowest BCUT2D eigenvalue weighted by Gasteiger charge is -2.08. The van der Waals surface area contributed by atoms with E-state index in [1.54, 1.807) is 24.3 Å². The van der Waals surface area contributed by atoms with Crippen molar-refractivity contribution in [3.05, 3.63) is 112 Å². The Morgan fingerprint density at radius 2 is 1.40 bits per heavy atom. The molecule has 0 aliphatic rings. The lowest BCUT2D eigenvalue weighted by atomic mass is 9.99. The summed E-state index contributed by atoms with van der Waals surface area (Å²) >= 11 is 0. The first-order valence-corrected chi connectivity index (χ1v) is 11.4. The van der Waals surface area contributed by atoms with E-state index in [1.807, 2.05) is 18.2 Å². The van der Waals surface area contributed by atoms with Crippen LogP contribution in [0.3, 0.4) is 0 Å². The van der Waals surface area contributed by atoms with E-state index in [4.69, 9.17) is 0 Å². The van der Waals surface area contributed by atoms with Gasteiger partial charge in [-0.2, -0.15) is 13.2 Å². The molecule has 4 aromatic rings. The number of aryl methyl sites for hydroxylation is 3. The van der Waals surface area contributed by atoms with Gasteiger partial charge in [-0.3, -0.25) is 0 Å². The molecule has 0 spiro atoms. The molecule has 0 bridgehead atoms. The second kappa shape index (κ2) is 10.7. The highest BCUT2D eigenvalue weighted by molar-refractivity contribution is 5.85. The molecule has 0 aromatic heterocycles. The maximum atomic E-state index is 15.1. The number of hydrogen-bond donors (Lipinski definition) is 0. The lowest BCUT2D eigenvalue weighted by Crippen LogP contribution is -2.19. The molecule has 178 valence electrons. The van der Waals surface area contributed by atoms with E-state index >= 15 is 4.39 Å². The predicted molar refractivity (Wildman–Crippen MR) is 131 cm³/mol. The summed E-state index contributed by atoms with van der Waals surface area (Å²) in [7, 11) is 0. The summed E-state index contributed by atoms with van der Waals surface area (Å²) in [5.41, 5.74) is 4.55. The topological polar surface area (TPSA) is 9.23 Å². The molecule has 0 radical (unpaired) electrons. The van der Waals surface area contributed by atoms with Crippen molar-refractivity contribution in [2.45, 2.75) is 32.4 Å². The van der Waals surface area contributed by atoms with E-state index in [0.717, 1.165) is 30.2 Å². The zero-order valence-electron chi connectivity index (χ0n) is 19.3. The summed E-state index contributed by atoms with van der Waals surface area (Å²) in [4.78, 5) is 0. The fourth-order valence-electron chi connectivity index (χ4n) is 3.76. The number of benzene rings is 4. The van der Waals surface area contributed by atoms with Crippen LogP contribution < -0.4 is 4.74 Å². The molecule has 0 N–H and O–H groups in total. The minimum absolute atomic E-state index is 0.0959. The van der Waals surface area contributed by atoms with E-state index in [2.05, 4.69) is 47.8 Å². The fourth-order valence-corrected chi connectivity index (χ4v) is 3.76. The van der Waals surface area contributed by atoms with E-state index in [0.29, 0.717) is 10.9 Å². The summed E-state index contributed by atoms with van der Waals surface area (Å²) in [6.45, 7) is 0.784. The first-order valence-electron chi connectivity index (χ1n) is 11.4. The largest absolute Gasteiger partial charge is 0.484 e. The first-order chi connectivity index (χ1) is 16.8. The Kier molecular flexibility index (Phi) is 7.41. The second-order valence-corrected chi connectivity index (χ2v) is 8.33. The number of alkyl halides is 3. The third-order valence-electron chi connectivity index (χ3n) is 5.75. The molecule has 0 saturated heterocycles. The standard InChI is InChI=1S/C30H24F4O/c1-2-21-3-5-22(6-4-21)7-8-24-12-18-28-26(19-24)15-14-25(29(28)31)13-9-23-10-16-27(17-11-23)35-20-30(32,33)34/h3-6,10-12,14-19H,2,7-8,20H2,1H3. The van der Waals surface area contributed by atoms with Gasteiger partial charge >= 0.3 is 6.18 Å². The number of fused-ring (bicyclic) bond motifs is 1. The third-order valence-corrected chi connectivity index (χ3v) is 5.75. The van der Waals surface area contributed by atoms with Crippen LogP contribution in [-0.2, 0) is 19.3 Å². The highest BCUT2D eigenvalue weighted by Crippen LogP contribution is 2.23. The Bertz CT molecular complexity index is 1360. The van der Waals surface area contributed by atoms with Crippen LogP contribution in [0.4, 0.5) is 17.6 Å². The molecule has 0 unspecified atom stereocenters. The van der Waals surface area contributed by atoms with Gasteiger partial charge in [0.2, 0.25) is 0 Å². The van der Waals surface area contributed by atoms with Gasteiger partial charge in [-0.15, -0.1) is 0 Å². The lowest BCUT2D eigenvalue weighted by molar-refractivity contribution is -0.153. The Balaban J connectivity index is 1.44. The normalized spacial score (nSPS) is 11.2. The molecule has 1 nitrogen and oxygen atoms in total. The van der Waals surface area contributed by atoms with E-state index < -0.39 is 12.8 Å². The van der Waals surface area contributed by atoms with Gasteiger partial charge < -0.3 is 4.74 Å². The fraction of sp³-hybridized carbons (Fsp3) is 0.200. The van der Waals surface area contributed by atoms with Crippen molar-refractivity contribution in [3.63, 3.8) is 0 Å². The average molecular weight is 477 g/mol. The van der Waals surface area contributed by atoms with Crippen LogP contribution in [0, 0.1) is 17.7 Å². The van der Waals surface area contributed by atoms with Gasteiger partial charge in [0.15, 0.2) is 6.61 Å². The first kappa shape index (κ1) is 24.3. The van der Waals surface area contributed by atoms with Crippen LogP contribution in [0.1, 0.15) is 34.7 Å². The van der Waals surface area contributed by atoms with Crippen LogP contribution in [0.2, 0.25) is 0 Å². The van der Waals surface area contributed by atoms with Crippen molar-refractivity contribution in [3.8, 4) is 17.6 Å². The molecule has 0 aliphatic carbocycles. The minimum Gasteiger partial charge on any atom is -0.484 e. The van der Waals surface area contributed by atoms with Crippen molar-refractivity contribution >= 4 is 10.8 Å². The Morgan fingerprint density at radius 3 is 2.09 bits per heavy atom. The van der Waals surface area contributed by atoms with Crippen LogP contribution in [-0.4, -0.2) is 12.8 Å². The van der Waals surface area contributed by atoms with E-state index in [1.165, 1.54) is 23.3 Å². The zero-order chi connectivity index (χ0) is 24.8. The van der Waals surface area contributed by atoms with Crippen LogP contribution >= 0.6 is 0 Å². The highest BCUT2D eigenvalue weighted by Gasteiger charge is 2.28. The summed E-state index contributed by atoms with van der Waals surface area (Å²) in [6, 6.07) is 23.8. The van der Waals surface area contributed by atoms with Gasteiger partial charge in [-0.05, 0) is 71.7 Å². The highest BCUT2D eigenvalue weighted by atomic mass is 19.4. The van der Waals surface area contributed by atoms with E-state index in [9.17, 15) is 13.2 Å². The molecule has 0 fully saturated rings. The molecule has 0 aliphatic heterocycles. The molecule has 4 aromatic carbocycles. The monoisotopic (exact) mass is 476 g/mol. The summed E-state index contributed by atoms with van der Waals surface area (Å²) in [6.07, 6.45) is -1.59. The maximum absolute atomic E-state index is 15.1. The van der Waals surface area contributed by atoms with Crippen molar-refractivity contribution in [2.75, 3.05) is 6.61 Å². The quantitative estimate of drug-likeness (QED) is 0.205. The van der Waals surface area contributed by atoms with Crippen LogP contribution in [0.15, 0.2) is 78.9 Å². The number of rotatable bonds is 6. The molecule has 0 atom stereocenters. The average Bonchev–Trinajstić information content (AvgIpc) is 2.86. The Hall–Kier alpha value is -3.78. The SMILES string of the molecule is CCc1ccc(CCc2ccc3c(F)c(C#Cc4ccc(OCC(F)(F)F)cc4)ccc3c2)cc1. The zero-order valence-corrected chi connectivity index (χ0v) is 19.3. The number of hydrogen-bond acceptors (Lipinski definition) is 1. The molecule has 0 amide bonds. The number of halogens is 4. The smallest absolute Gasteiger partial charge is 0.422 e. The van der Waals surface area contributed by atoms with Crippen molar-refractivity contribution in [1.29, 1.82) is 0 Å². The molecule has 35 heavy (non-hydrogen) atoms. The van der Waals surface area contributed by atoms with Gasteiger partial charge in [-0.25, -0.2) is 4.39 Å². The van der Waals surface area contributed by atoms with Gasteiger partial charge in [0.25, 0.3) is 0 Å². The van der Waals surface area contributed by atoms with Crippen LogP contribution in [0.5, 0.6) is 5.75 Å². The molecule has 0 saturated carbocycles. The molecule has 0 heterocycles. The second-order valence-electron chi connectivity index (χ2n) is 8.33. The molecule has 5 heteroatoms. The summed E-state index contributed by atoms with van der Waals surface area (Å²) < 4.78 is 56.5. The van der Waals surface area contributed by atoms with Gasteiger partial charge in [0.05, 0.1) is 5.56 Å². The predicted octanol–water partition coefficient (Wildman–Crippen LogP) is 7.67. The van der Waals surface area contributed by atoms with Crippen molar-refractivity contribution < 1.29 is 22.3 Å². The van der Waals surface area contributed by atoms with Gasteiger partial charge in [-0.1, -0.05) is 67.3 Å². The summed E-state index contributed by atoms with van der Waals surface area (Å²) in [5, 5.41) is 1.32. The maximum Gasteiger partial charge on any atom is 0.422 e. The minimum atomic E-state index is -4.40. The van der Waals surface area contributed by atoms with Crippen LogP contribution in [0.25, 0.3) is 10.8 Å². The third kappa shape index (κ3) is 6.64.